The summed E-state index contributed by atoms with van der Waals surface area (Å²) in [6, 6.07) is 8.15. The Balaban J connectivity index is 1.61. The number of rotatable bonds is 3. The van der Waals surface area contributed by atoms with Crippen LogP contribution < -0.4 is 5.32 Å². The first-order valence-electron chi connectivity index (χ1n) is 8.98. The molecule has 2 bridgehead atoms. The summed E-state index contributed by atoms with van der Waals surface area (Å²) in [7, 11) is 0. The number of ether oxygens (including phenoxy) is 1. The maximum absolute atomic E-state index is 13.0. The molecule has 148 valence electrons. The smallest absolute Gasteiger partial charge is 0.390 e. The molecule has 0 aliphatic carbocycles. The Hall–Kier alpha value is -2.45. The molecule has 5 atom stereocenters. The first kappa shape index (κ1) is 18.9. The number of aliphatic hydroxyl groups is 1. The molecule has 2 saturated heterocycles. The molecule has 2 N–H and O–H groups in total. The second kappa shape index (κ2) is 6.86. The fourth-order valence-electron chi connectivity index (χ4n) is 4.21. The van der Waals surface area contributed by atoms with Gasteiger partial charge in [-0.25, -0.2) is 0 Å². The number of carbonyl (C=O) groups excluding carboxylic acids is 1. The van der Waals surface area contributed by atoms with Crippen molar-refractivity contribution in [1.82, 2.24) is 4.98 Å². The van der Waals surface area contributed by atoms with E-state index < -0.39 is 41.9 Å². The predicted molar refractivity (Wildman–Crippen MR) is 94.6 cm³/mol. The Morgan fingerprint density at radius 3 is 2.79 bits per heavy atom. The number of hydrogen-bond acceptors (Lipinski definition) is 4. The highest BCUT2D eigenvalue weighted by Gasteiger charge is 2.57. The van der Waals surface area contributed by atoms with Gasteiger partial charge in [0, 0.05) is 29.9 Å². The summed E-state index contributed by atoms with van der Waals surface area (Å²) in [5.74, 6) is -1.41. The van der Waals surface area contributed by atoms with Crippen LogP contribution in [0.5, 0.6) is 0 Å². The number of aliphatic hydroxyl groups excluding tert-OH is 1. The zero-order valence-electron chi connectivity index (χ0n) is 15.0. The Kier molecular flexibility index (Phi) is 4.63. The highest BCUT2D eigenvalue weighted by atomic mass is 19.4. The van der Waals surface area contributed by atoms with Gasteiger partial charge in [0.25, 0.3) is 0 Å². The monoisotopic (exact) mass is 392 g/mol. The highest BCUT2D eigenvalue weighted by molar-refractivity contribution is 5.94. The SMILES string of the molecule is Cc1cc(C2C3OC(CC3O)C2C(=O)Nc2cccc(C(F)(F)F)c2)ccn1. The molecule has 5 nitrogen and oxygen atoms in total. The second-order valence-electron chi connectivity index (χ2n) is 7.29. The molecular weight excluding hydrogens is 373 g/mol. The molecule has 1 amide bonds. The molecule has 4 rings (SSSR count). The van der Waals surface area contributed by atoms with E-state index in [9.17, 15) is 23.1 Å². The molecule has 0 spiro atoms. The van der Waals surface area contributed by atoms with Crippen LogP contribution in [0.15, 0.2) is 42.6 Å². The number of carbonyl (C=O) groups is 1. The Labute approximate surface area is 159 Å². The van der Waals surface area contributed by atoms with Crippen LogP contribution in [0, 0.1) is 12.8 Å². The van der Waals surface area contributed by atoms with E-state index >= 15 is 0 Å². The van der Waals surface area contributed by atoms with Crippen LogP contribution in [0.3, 0.4) is 0 Å². The van der Waals surface area contributed by atoms with Crippen molar-refractivity contribution in [3.05, 3.63) is 59.4 Å². The van der Waals surface area contributed by atoms with Gasteiger partial charge in [-0.1, -0.05) is 6.07 Å². The fourth-order valence-corrected chi connectivity index (χ4v) is 4.21. The van der Waals surface area contributed by atoms with Gasteiger partial charge in [-0.15, -0.1) is 0 Å². The lowest BCUT2D eigenvalue weighted by Crippen LogP contribution is -2.41. The number of anilines is 1. The quantitative estimate of drug-likeness (QED) is 0.841. The van der Waals surface area contributed by atoms with Gasteiger partial charge < -0.3 is 15.2 Å². The van der Waals surface area contributed by atoms with E-state index in [1.54, 1.807) is 12.3 Å². The number of halogens is 3. The molecule has 28 heavy (non-hydrogen) atoms. The third-order valence-electron chi connectivity index (χ3n) is 5.39. The minimum absolute atomic E-state index is 0.0767. The predicted octanol–water partition coefficient (Wildman–Crippen LogP) is 3.28. The number of amides is 1. The maximum atomic E-state index is 13.0. The molecule has 5 unspecified atom stereocenters. The van der Waals surface area contributed by atoms with Crippen LogP contribution in [0.25, 0.3) is 0 Å². The first-order chi connectivity index (χ1) is 13.2. The zero-order chi connectivity index (χ0) is 20.1. The van der Waals surface area contributed by atoms with Gasteiger partial charge in [-0.3, -0.25) is 9.78 Å². The second-order valence-corrected chi connectivity index (χ2v) is 7.29. The summed E-state index contributed by atoms with van der Waals surface area (Å²) >= 11 is 0. The third-order valence-corrected chi connectivity index (χ3v) is 5.39. The molecule has 2 aliphatic rings. The number of pyridine rings is 1. The van der Waals surface area contributed by atoms with Gasteiger partial charge in [0.15, 0.2) is 0 Å². The molecule has 3 heterocycles. The lowest BCUT2D eigenvalue weighted by molar-refractivity contribution is -0.137. The van der Waals surface area contributed by atoms with Crippen LogP contribution in [0.2, 0.25) is 0 Å². The number of fused-ring (bicyclic) bond motifs is 2. The van der Waals surface area contributed by atoms with E-state index in [2.05, 4.69) is 10.3 Å². The number of hydrogen-bond donors (Lipinski definition) is 2. The fraction of sp³-hybridized carbons (Fsp3) is 0.400. The minimum Gasteiger partial charge on any atom is -0.390 e. The van der Waals surface area contributed by atoms with Gasteiger partial charge in [-0.05, 0) is 42.8 Å². The first-order valence-corrected chi connectivity index (χ1v) is 8.98. The molecule has 2 fully saturated rings. The average Bonchev–Trinajstić information content (AvgIpc) is 3.18. The molecule has 0 radical (unpaired) electrons. The van der Waals surface area contributed by atoms with E-state index in [0.717, 1.165) is 23.4 Å². The lowest BCUT2D eigenvalue weighted by atomic mass is 9.74. The number of nitrogens with zero attached hydrogens (tertiary/aromatic N) is 1. The van der Waals surface area contributed by atoms with Crippen LogP contribution >= 0.6 is 0 Å². The normalized spacial score (nSPS) is 29.1. The molecule has 2 aromatic rings. The summed E-state index contributed by atoms with van der Waals surface area (Å²) in [6.45, 7) is 1.83. The summed E-state index contributed by atoms with van der Waals surface area (Å²) in [6.07, 6.45) is -4.22. The van der Waals surface area contributed by atoms with Crippen molar-refractivity contribution >= 4 is 11.6 Å². The Bertz CT molecular complexity index is 902. The largest absolute Gasteiger partial charge is 0.416 e. The summed E-state index contributed by atoms with van der Waals surface area (Å²) < 4.78 is 44.6. The van der Waals surface area contributed by atoms with Crippen molar-refractivity contribution in [2.75, 3.05) is 5.32 Å². The molecular formula is C20H19F3N2O3. The van der Waals surface area contributed by atoms with Crippen molar-refractivity contribution in [2.24, 2.45) is 5.92 Å². The van der Waals surface area contributed by atoms with Crippen LogP contribution in [0.4, 0.5) is 18.9 Å². The molecule has 0 saturated carbocycles. The van der Waals surface area contributed by atoms with Crippen LogP contribution in [0.1, 0.15) is 29.2 Å². The van der Waals surface area contributed by atoms with E-state index in [1.807, 2.05) is 13.0 Å². The molecule has 1 aromatic carbocycles. The van der Waals surface area contributed by atoms with Crippen LogP contribution in [-0.4, -0.2) is 34.3 Å². The number of aromatic nitrogens is 1. The number of aryl methyl sites for hydroxylation is 1. The lowest BCUT2D eigenvalue weighted by Gasteiger charge is -2.30. The van der Waals surface area contributed by atoms with Crippen molar-refractivity contribution in [2.45, 2.75) is 43.8 Å². The summed E-state index contributed by atoms with van der Waals surface area (Å²) in [4.78, 5) is 17.1. The molecule has 8 heteroatoms. The minimum atomic E-state index is -4.49. The van der Waals surface area contributed by atoms with E-state index in [-0.39, 0.29) is 11.6 Å². The molecule has 1 aromatic heterocycles. The number of nitrogens with one attached hydrogen (secondary N) is 1. The van der Waals surface area contributed by atoms with E-state index in [0.29, 0.717) is 6.42 Å². The Morgan fingerprint density at radius 1 is 1.29 bits per heavy atom. The van der Waals surface area contributed by atoms with Crippen molar-refractivity contribution in [3.63, 3.8) is 0 Å². The summed E-state index contributed by atoms with van der Waals surface area (Å²) in [5, 5.41) is 12.8. The number of benzene rings is 1. The van der Waals surface area contributed by atoms with Crippen LogP contribution in [-0.2, 0) is 15.7 Å². The standard InChI is InChI=1S/C20H19F3N2O3/c1-10-7-11(5-6-24-10)16-17(15-9-14(26)18(16)28-15)19(27)25-13-4-2-3-12(8-13)20(21,22)23/h2-8,14-18,26H,9H2,1H3,(H,25,27). The van der Waals surface area contributed by atoms with Gasteiger partial charge in [-0.2, -0.15) is 13.2 Å². The summed E-state index contributed by atoms with van der Waals surface area (Å²) in [5.41, 5.74) is 0.841. The van der Waals surface area contributed by atoms with E-state index in [1.165, 1.54) is 12.1 Å². The number of alkyl halides is 3. The van der Waals surface area contributed by atoms with E-state index in [4.69, 9.17) is 4.74 Å². The van der Waals surface area contributed by atoms with Gasteiger partial charge in [0.1, 0.15) is 0 Å². The topological polar surface area (TPSA) is 71.5 Å². The highest BCUT2D eigenvalue weighted by Crippen LogP contribution is 2.49. The van der Waals surface area contributed by atoms with Gasteiger partial charge >= 0.3 is 6.18 Å². The maximum Gasteiger partial charge on any atom is 0.416 e. The van der Waals surface area contributed by atoms with Crippen molar-refractivity contribution in [3.8, 4) is 0 Å². The average molecular weight is 392 g/mol. The van der Waals surface area contributed by atoms with Gasteiger partial charge in [0.2, 0.25) is 5.91 Å². The Morgan fingerprint density at radius 2 is 2.07 bits per heavy atom. The van der Waals surface area contributed by atoms with Crippen molar-refractivity contribution < 1.29 is 27.8 Å². The van der Waals surface area contributed by atoms with Gasteiger partial charge in [0.05, 0.1) is 29.8 Å². The third kappa shape index (κ3) is 3.38. The molecule has 2 aliphatic heterocycles. The van der Waals surface area contributed by atoms with Crippen molar-refractivity contribution in [1.29, 1.82) is 0 Å². The zero-order valence-corrected chi connectivity index (χ0v) is 15.0.